The second-order valence-corrected chi connectivity index (χ2v) is 11.8. The van der Waals surface area contributed by atoms with Crippen LogP contribution in [0.25, 0.3) is 16.8 Å². The van der Waals surface area contributed by atoms with Crippen molar-refractivity contribution in [2.24, 2.45) is 11.8 Å². The Kier molecular flexibility index (Phi) is 7.26. The monoisotopic (exact) mass is 525 g/mol. The molecule has 1 atom stereocenters. The number of fused-ring (bicyclic) bond motifs is 1. The van der Waals surface area contributed by atoms with Crippen molar-refractivity contribution in [3.63, 3.8) is 0 Å². The van der Waals surface area contributed by atoms with E-state index >= 15 is 0 Å². The van der Waals surface area contributed by atoms with E-state index in [4.69, 9.17) is 10.2 Å². The summed E-state index contributed by atoms with van der Waals surface area (Å²) in [5.41, 5.74) is 5.58. The first-order valence-electron chi connectivity index (χ1n) is 14.6. The Morgan fingerprint density at radius 2 is 1.82 bits per heavy atom. The van der Waals surface area contributed by atoms with Crippen LogP contribution in [0.3, 0.4) is 0 Å². The fourth-order valence-corrected chi connectivity index (χ4v) is 6.65. The van der Waals surface area contributed by atoms with Crippen LogP contribution in [-0.2, 0) is 4.79 Å². The van der Waals surface area contributed by atoms with E-state index in [-0.39, 0.29) is 17.7 Å². The number of piperazine rings is 1. The first kappa shape index (κ1) is 25.8. The van der Waals surface area contributed by atoms with Crippen molar-refractivity contribution in [1.29, 1.82) is 5.26 Å². The van der Waals surface area contributed by atoms with E-state index in [0.29, 0.717) is 12.0 Å². The number of hydrogen-bond donors (Lipinski definition) is 0. The molecule has 0 unspecified atom stereocenters. The lowest BCUT2D eigenvalue weighted by molar-refractivity contribution is -0.137. The second kappa shape index (κ2) is 11.0. The lowest BCUT2D eigenvalue weighted by atomic mass is 9.82. The topological polar surface area (TPSA) is 80.8 Å². The third kappa shape index (κ3) is 5.25. The van der Waals surface area contributed by atoms with Gasteiger partial charge in [0.05, 0.1) is 23.0 Å². The minimum absolute atomic E-state index is 0.0867. The summed E-state index contributed by atoms with van der Waals surface area (Å²) in [5, 5.41) is 13.7. The molecule has 1 amide bonds. The van der Waals surface area contributed by atoms with E-state index in [1.807, 2.05) is 15.6 Å². The van der Waals surface area contributed by atoms with Gasteiger partial charge < -0.3 is 14.7 Å². The minimum atomic E-state index is 0.0867. The molecule has 0 aromatic carbocycles. The van der Waals surface area contributed by atoms with Crippen LogP contribution in [0.1, 0.15) is 57.4 Å². The summed E-state index contributed by atoms with van der Waals surface area (Å²) >= 11 is 0. The molecule has 3 aromatic rings. The molecule has 3 fully saturated rings. The van der Waals surface area contributed by atoms with Crippen LogP contribution in [0.4, 0.5) is 5.69 Å². The zero-order valence-electron chi connectivity index (χ0n) is 23.2. The Hall–Kier alpha value is -3.44. The lowest BCUT2D eigenvalue weighted by Crippen LogP contribution is -2.50. The average Bonchev–Trinajstić information content (AvgIpc) is 3.65. The highest BCUT2D eigenvalue weighted by atomic mass is 16.2. The molecule has 8 nitrogen and oxygen atoms in total. The molecule has 3 aromatic heterocycles. The van der Waals surface area contributed by atoms with E-state index in [0.717, 1.165) is 87.4 Å². The molecule has 8 heteroatoms. The van der Waals surface area contributed by atoms with Crippen molar-refractivity contribution in [3.8, 4) is 17.3 Å². The van der Waals surface area contributed by atoms with Gasteiger partial charge in [-0.25, -0.2) is 4.52 Å². The van der Waals surface area contributed by atoms with Gasteiger partial charge >= 0.3 is 0 Å². The van der Waals surface area contributed by atoms with E-state index in [2.05, 4.69) is 71.5 Å². The maximum Gasteiger partial charge on any atom is 0.225 e. The van der Waals surface area contributed by atoms with Crippen LogP contribution in [-0.4, -0.2) is 75.6 Å². The largest absolute Gasteiger partial charge is 0.366 e. The molecule has 3 aliphatic rings. The predicted octanol–water partition coefficient (Wildman–Crippen LogP) is 4.57. The Labute approximate surface area is 231 Å². The summed E-state index contributed by atoms with van der Waals surface area (Å²) in [6.45, 7) is 9.90. The SMILES string of the molecule is CC(C)N1CC[C@H](c2ccc(-c3cc4c(N5CCN(C(=O)[C@H]6CC[C@H](C#N)CC6)CC5)ccnn4c3)nc2)C1. The smallest absolute Gasteiger partial charge is 0.225 e. The Bertz CT molecular complexity index is 1340. The third-order valence-electron chi connectivity index (χ3n) is 9.18. The number of rotatable bonds is 5. The highest BCUT2D eigenvalue weighted by Crippen LogP contribution is 2.32. The molecule has 2 aliphatic heterocycles. The second-order valence-electron chi connectivity index (χ2n) is 11.8. The van der Waals surface area contributed by atoms with Gasteiger partial charge in [-0.1, -0.05) is 6.07 Å². The van der Waals surface area contributed by atoms with Crippen LogP contribution in [0.15, 0.2) is 42.9 Å². The number of pyridine rings is 1. The fourth-order valence-electron chi connectivity index (χ4n) is 6.65. The van der Waals surface area contributed by atoms with Crippen LogP contribution in [0, 0.1) is 23.2 Å². The third-order valence-corrected chi connectivity index (χ3v) is 9.18. The molecule has 5 heterocycles. The number of anilines is 1. The van der Waals surface area contributed by atoms with E-state index in [1.54, 1.807) is 0 Å². The van der Waals surface area contributed by atoms with Crippen molar-refractivity contribution in [2.45, 2.75) is 57.9 Å². The highest BCUT2D eigenvalue weighted by molar-refractivity contribution is 5.81. The molecule has 1 saturated carbocycles. The summed E-state index contributed by atoms with van der Waals surface area (Å²) in [4.78, 5) is 24.9. The number of amides is 1. The van der Waals surface area contributed by atoms with E-state index in [9.17, 15) is 4.79 Å². The van der Waals surface area contributed by atoms with Crippen molar-refractivity contribution in [1.82, 2.24) is 24.4 Å². The van der Waals surface area contributed by atoms with Gasteiger partial charge in [0.1, 0.15) is 0 Å². The molecular weight excluding hydrogens is 486 g/mol. The van der Waals surface area contributed by atoms with E-state index in [1.165, 1.54) is 12.0 Å². The molecule has 6 rings (SSSR count). The van der Waals surface area contributed by atoms with Crippen LogP contribution in [0.5, 0.6) is 0 Å². The first-order chi connectivity index (χ1) is 19.0. The summed E-state index contributed by atoms with van der Waals surface area (Å²) in [5.74, 6) is 1.06. The van der Waals surface area contributed by atoms with Crippen LogP contribution in [0.2, 0.25) is 0 Å². The van der Waals surface area contributed by atoms with Gasteiger partial charge in [0, 0.05) is 74.8 Å². The van der Waals surface area contributed by atoms with Gasteiger partial charge in [0.2, 0.25) is 5.91 Å². The molecule has 0 spiro atoms. The Balaban J connectivity index is 1.12. The number of carbonyl (C=O) groups excluding carboxylic acids is 1. The van der Waals surface area contributed by atoms with Gasteiger partial charge in [0.25, 0.3) is 0 Å². The van der Waals surface area contributed by atoms with Crippen molar-refractivity contribution in [2.75, 3.05) is 44.2 Å². The molecule has 39 heavy (non-hydrogen) atoms. The number of aromatic nitrogens is 3. The van der Waals surface area contributed by atoms with Gasteiger partial charge in [-0.3, -0.25) is 9.78 Å². The number of nitrogens with zero attached hydrogens (tertiary/aromatic N) is 7. The molecule has 1 aliphatic carbocycles. The lowest BCUT2D eigenvalue weighted by Gasteiger charge is -2.38. The fraction of sp³-hybridized carbons (Fsp3) is 0.548. The quantitative estimate of drug-likeness (QED) is 0.485. The molecule has 204 valence electrons. The number of hydrogen-bond acceptors (Lipinski definition) is 6. The number of nitriles is 1. The minimum Gasteiger partial charge on any atom is -0.366 e. The van der Waals surface area contributed by atoms with Crippen LogP contribution < -0.4 is 4.90 Å². The summed E-state index contributed by atoms with van der Waals surface area (Å²) in [7, 11) is 0. The van der Waals surface area contributed by atoms with Gasteiger partial charge in [-0.15, -0.1) is 0 Å². The maximum absolute atomic E-state index is 13.1. The summed E-state index contributed by atoms with van der Waals surface area (Å²) in [6.07, 6.45) is 10.6. The Morgan fingerprint density at radius 3 is 2.49 bits per heavy atom. The van der Waals surface area contributed by atoms with Gasteiger partial charge in [-0.05, 0) is 82.2 Å². The van der Waals surface area contributed by atoms with E-state index < -0.39 is 0 Å². The average molecular weight is 526 g/mol. The number of likely N-dealkylation sites (tertiary alicyclic amines) is 1. The zero-order valence-corrected chi connectivity index (χ0v) is 23.2. The normalized spacial score (nSPS) is 24.4. The standard InChI is InChI=1S/C31H39N7O/c1-22(2)37-12-10-26(20-37)25-7-8-28(33-19-25)27-17-30-29(9-11-34-38(30)21-27)35-13-15-36(16-14-35)31(39)24-5-3-23(18-32)4-6-24/h7-9,11,17,19,21-24,26H,3-6,10,12-16,20H2,1-2H3/t23-,24-,26-/m0/s1. The van der Waals surface area contributed by atoms with Crippen molar-refractivity contribution < 1.29 is 4.79 Å². The molecule has 0 radical (unpaired) electrons. The summed E-state index contributed by atoms with van der Waals surface area (Å²) in [6, 6.07) is 11.6. The molecular formula is C31H39N7O. The van der Waals surface area contributed by atoms with Crippen molar-refractivity contribution >= 4 is 17.1 Å². The maximum atomic E-state index is 13.1. The van der Waals surface area contributed by atoms with Crippen LogP contribution >= 0.6 is 0 Å². The molecule has 2 saturated heterocycles. The van der Waals surface area contributed by atoms with Gasteiger partial charge in [0.15, 0.2) is 0 Å². The zero-order chi connectivity index (χ0) is 26.9. The predicted molar refractivity (Wildman–Crippen MR) is 152 cm³/mol. The van der Waals surface area contributed by atoms with Gasteiger partial charge in [-0.2, -0.15) is 10.4 Å². The highest BCUT2D eigenvalue weighted by Gasteiger charge is 2.31. The summed E-state index contributed by atoms with van der Waals surface area (Å²) < 4.78 is 1.95. The molecule has 0 bridgehead atoms. The number of carbonyl (C=O) groups is 1. The first-order valence-corrected chi connectivity index (χ1v) is 14.6. The molecule has 0 N–H and O–H groups in total. The van der Waals surface area contributed by atoms with Crippen molar-refractivity contribution in [3.05, 3.63) is 48.4 Å². The Morgan fingerprint density at radius 1 is 1.03 bits per heavy atom.